The van der Waals surface area contributed by atoms with Gasteiger partial charge in [-0.15, -0.1) is 0 Å². The highest BCUT2D eigenvalue weighted by Crippen LogP contribution is 2.26. The maximum atomic E-state index is 11.7. The van der Waals surface area contributed by atoms with Crippen molar-refractivity contribution < 1.29 is 19.7 Å². The minimum absolute atomic E-state index is 0.132. The van der Waals surface area contributed by atoms with Crippen molar-refractivity contribution in [2.24, 2.45) is 0 Å². The first kappa shape index (κ1) is 15.8. The predicted octanol–water partition coefficient (Wildman–Crippen LogP) is 2.62. The number of cyclic esters (lactones) is 1. The molecule has 2 rings (SSSR count). The molecule has 0 radical (unpaired) electrons. The number of amides is 1. The van der Waals surface area contributed by atoms with E-state index in [-0.39, 0.29) is 19.3 Å². The lowest BCUT2D eigenvalue weighted by atomic mass is 10.0. The molecule has 1 saturated heterocycles. The van der Waals surface area contributed by atoms with Crippen molar-refractivity contribution in [1.82, 2.24) is 0 Å². The van der Waals surface area contributed by atoms with E-state index in [1.54, 1.807) is 12.1 Å². The molecule has 2 atom stereocenters. The summed E-state index contributed by atoms with van der Waals surface area (Å²) in [6.45, 7) is 2.21. The molecular formula is C16H23NO4. The molecule has 5 heteroatoms. The molecule has 0 spiro atoms. The number of ether oxygens (including phenoxy) is 1. The maximum Gasteiger partial charge on any atom is 0.414 e. The molecule has 1 heterocycles. The van der Waals surface area contributed by atoms with Crippen LogP contribution >= 0.6 is 0 Å². The molecule has 1 aliphatic heterocycles. The summed E-state index contributed by atoms with van der Waals surface area (Å²) in [5.41, 5.74) is 1.53. The minimum atomic E-state index is -0.468. The van der Waals surface area contributed by atoms with Gasteiger partial charge in [-0.25, -0.2) is 4.79 Å². The van der Waals surface area contributed by atoms with Crippen LogP contribution in [0.3, 0.4) is 0 Å². The zero-order valence-electron chi connectivity index (χ0n) is 12.4. The zero-order valence-corrected chi connectivity index (χ0v) is 12.4. The molecule has 116 valence electrons. The summed E-state index contributed by atoms with van der Waals surface area (Å²) >= 11 is 0. The Morgan fingerprint density at radius 1 is 1.33 bits per heavy atom. The lowest BCUT2D eigenvalue weighted by Crippen LogP contribution is -2.35. The Bertz CT molecular complexity index is 460. The van der Waals surface area contributed by atoms with Crippen LogP contribution in [0.25, 0.3) is 0 Å². The van der Waals surface area contributed by atoms with Crippen LogP contribution in [-0.4, -0.2) is 35.6 Å². The third-order valence-corrected chi connectivity index (χ3v) is 3.81. The lowest BCUT2D eigenvalue weighted by Gasteiger charge is -2.20. The Kier molecular flexibility index (Phi) is 5.59. The van der Waals surface area contributed by atoms with Gasteiger partial charge >= 0.3 is 6.09 Å². The SMILES string of the molecule is CCCCCC(O)c1ccc(N2C(=O)OC[C@@H]2CO)cc1. The van der Waals surface area contributed by atoms with Crippen molar-refractivity contribution in [2.75, 3.05) is 18.1 Å². The van der Waals surface area contributed by atoms with Crippen molar-refractivity contribution >= 4 is 11.8 Å². The van der Waals surface area contributed by atoms with Crippen LogP contribution in [0.4, 0.5) is 10.5 Å². The molecule has 1 aromatic carbocycles. The van der Waals surface area contributed by atoms with Gasteiger partial charge in [0.15, 0.2) is 0 Å². The van der Waals surface area contributed by atoms with E-state index in [1.807, 2.05) is 12.1 Å². The molecule has 0 aromatic heterocycles. The monoisotopic (exact) mass is 293 g/mol. The largest absolute Gasteiger partial charge is 0.447 e. The minimum Gasteiger partial charge on any atom is -0.447 e. The van der Waals surface area contributed by atoms with Crippen LogP contribution in [0, 0.1) is 0 Å². The van der Waals surface area contributed by atoms with E-state index in [2.05, 4.69) is 6.92 Å². The number of unbranched alkanes of at least 4 members (excludes halogenated alkanes) is 2. The average Bonchev–Trinajstić information content (AvgIpc) is 2.88. The quantitative estimate of drug-likeness (QED) is 0.758. The number of hydrogen-bond acceptors (Lipinski definition) is 4. The predicted molar refractivity (Wildman–Crippen MR) is 80.2 cm³/mol. The normalized spacial score (nSPS) is 19.7. The van der Waals surface area contributed by atoms with Crippen LogP contribution in [0.2, 0.25) is 0 Å². The summed E-state index contributed by atoms with van der Waals surface area (Å²) in [6, 6.07) is 6.89. The first-order valence-electron chi connectivity index (χ1n) is 7.52. The highest BCUT2D eigenvalue weighted by molar-refractivity contribution is 5.90. The van der Waals surface area contributed by atoms with Gasteiger partial charge in [-0.05, 0) is 24.1 Å². The van der Waals surface area contributed by atoms with Gasteiger partial charge in [-0.1, -0.05) is 38.3 Å². The Morgan fingerprint density at radius 3 is 2.67 bits per heavy atom. The highest BCUT2D eigenvalue weighted by atomic mass is 16.6. The molecule has 5 nitrogen and oxygen atoms in total. The topological polar surface area (TPSA) is 70.0 Å². The number of hydrogen-bond donors (Lipinski definition) is 2. The number of carbonyl (C=O) groups excluding carboxylic acids is 1. The van der Waals surface area contributed by atoms with Crippen LogP contribution in [0.15, 0.2) is 24.3 Å². The Hall–Kier alpha value is -1.59. The molecular weight excluding hydrogens is 270 g/mol. The van der Waals surface area contributed by atoms with E-state index in [9.17, 15) is 15.0 Å². The number of carbonyl (C=O) groups is 1. The van der Waals surface area contributed by atoms with Gasteiger partial charge in [0.25, 0.3) is 0 Å². The fourth-order valence-electron chi connectivity index (χ4n) is 2.52. The Labute approximate surface area is 125 Å². The van der Waals surface area contributed by atoms with Gasteiger partial charge in [-0.3, -0.25) is 4.90 Å². The maximum absolute atomic E-state index is 11.7. The lowest BCUT2D eigenvalue weighted by molar-refractivity contribution is 0.163. The molecule has 1 amide bonds. The number of aliphatic hydroxyl groups excluding tert-OH is 2. The van der Waals surface area contributed by atoms with Gasteiger partial charge in [0.05, 0.1) is 18.8 Å². The summed E-state index contributed by atoms with van der Waals surface area (Å²) in [5.74, 6) is 0. The smallest absolute Gasteiger partial charge is 0.414 e. The van der Waals surface area contributed by atoms with E-state index in [1.165, 1.54) is 4.90 Å². The van der Waals surface area contributed by atoms with Gasteiger partial charge < -0.3 is 14.9 Å². The van der Waals surface area contributed by atoms with Gasteiger partial charge in [0.2, 0.25) is 0 Å². The summed E-state index contributed by atoms with van der Waals surface area (Å²) < 4.78 is 4.94. The van der Waals surface area contributed by atoms with Crippen molar-refractivity contribution in [3.05, 3.63) is 29.8 Å². The number of aliphatic hydroxyl groups is 2. The molecule has 0 bridgehead atoms. The van der Waals surface area contributed by atoms with E-state index >= 15 is 0 Å². The average molecular weight is 293 g/mol. The summed E-state index contributed by atoms with van der Waals surface area (Å²) in [5, 5.41) is 19.4. The second-order valence-corrected chi connectivity index (χ2v) is 5.39. The van der Waals surface area contributed by atoms with E-state index in [0.29, 0.717) is 5.69 Å². The third kappa shape index (κ3) is 3.74. The molecule has 1 unspecified atom stereocenters. The van der Waals surface area contributed by atoms with E-state index in [0.717, 1.165) is 31.2 Å². The van der Waals surface area contributed by atoms with Crippen LogP contribution < -0.4 is 4.90 Å². The van der Waals surface area contributed by atoms with Gasteiger partial charge in [0.1, 0.15) is 6.61 Å². The summed E-state index contributed by atoms with van der Waals surface area (Å²) in [6.07, 6.45) is 3.09. The molecule has 1 aromatic rings. The fourth-order valence-corrected chi connectivity index (χ4v) is 2.52. The molecule has 1 fully saturated rings. The molecule has 21 heavy (non-hydrogen) atoms. The highest BCUT2D eigenvalue weighted by Gasteiger charge is 2.33. The number of nitrogens with zero attached hydrogens (tertiary/aromatic N) is 1. The molecule has 0 saturated carbocycles. The third-order valence-electron chi connectivity index (χ3n) is 3.81. The second-order valence-electron chi connectivity index (χ2n) is 5.39. The Balaban J connectivity index is 2.03. The van der Waals surface area contributed by atoms with Crippen molar-refractivity contribution in [3.63, 3.8) is 0 Å². The summed E-state index contributed by atoms with van der Waals surface area (Å²) in [4.78, 5) is 13.1. The van der Waals surface area contributed by atoms with E-state index in [4.69, 9.17) is 4.74 Å². The Morgan fingerprint density at radius 2 is 2.05 bits per heavy atom. The first-order chi connectivity index (χ1) is 10.2. The van der Waals surface area contributed by atoms with Gasteiger partial charge in [0, 0.05) is 5.69 Å². The van der Waals surface area contributed by atoms with Crippen molar-refractivity contribution in [1.29, 1.82) is 0 Å². The standard InChI is InChI=1S/C16H23NO4/c1-2-3-4-5-15(19)12-6-8-13(9-7-12)17-14(10-18)11-21-16(17)20/h6-9,14-15,18-19H,2-5,10-11H2,1H3/t14-,15?/m0/s1. The van der Waals surface area contributed by atoms with Crippen LogP contribution in [-0.2, 0) is 4.74 Å². The number of anilines is 1. The van der Waals surface area contributed by atoms with Gasteiger partial charge in [-0.2, -0.15) is 0 Å². The fraction of sp³-hybridized carbons (Fsp3) is 0.562. The van der Waals surface area contributed by atoms with Crippen molar-refractivity contribution in [2.45, 2.75) is 44.8 Å². The van der Waals surface area contributed by atoms with Crippen molar-refractivity contribution in [3.8, 4) is 0 Å². The van der Waals surface area contributed by atoms with Crippen LogP contribution in [0.5, 0.6) is 0 Å². The second kappa shape index (κ2) is 7.43. The van der Waals surface area contributed by atoms with Crippen LogP contribution in [0.1, 0.15) is 44.3 Å². The summed E-state index contributed by atoms with van der Waals surface area (Å²) in [7, 11) is 0. The number of rotatable bonds is 7. The zero-order chi connectivity index (χ0) is 15.2. The molecule has 2 N–H and O–H groups in total. The first-order valence-corrected chi connectivity index (χ1v) is 7.52. The number of benzene rings is 1. The molecule has 0 aliphatic carbocycles. The van der Waals surface area contributed by atoms with E-state index < -0.39 is 12.2 Å². The molecule has 1 aliphatic rings.